The van der Waals surface area contributed by atoms with Gasteiger partial charge in [0.15, 0.2) is 5.65 Å². The van der Waals surface area contributed by atoms with Crippen LogP contribution in [0.3, 0.4) is 0 Å². The number of amides is 1. The van der Waals surface area contributed by atoms with Crippen molar-refractivity contribution in [2.24, 2.45) is 0 Å². The van der Waals surface area contributed by atoms with Crippen LogP contribution in [-0.2, 0) is 11.2 Å². The van der Waals surface area contributed by atoms with Gasteiger partial charge in [-0.15, -0.1) is 0 Å². The van der Waals surface area contributed by atoms with Crippen LogP contribution >= 0.6 is 15.9 Å². The Hall–Kier alpha value is -1.83. The lowest BCUT2D eigenvalue weighted by Gasteiger charge is -2.40. The van der Waals surface area contributed by atoms with Gasteiger partial charge in [-0.1, -0.05) is 6.92 Å². The molecule has 0 aliphatic carbocycles. The topological polar surface area (TPSA) is 63.0 Å². The number of aryl methyl sites for hydroxylation is 2. The van der Waals surface area contributed by atoms with Crippen LogP contribution in [0.5, 0.6) is 0 Å². The Morgan fingerprint density at radius 3 is 2.67 bits per heavy atom. The third kappa shape index (κ3) is 4.05. The summed E-state index contributed by atoms with van der Waals surface area (Å²) >= 11 is 3.64. The summed E-state index contributed by atoms with van der Waals surface area (Å²) < 4.78 is 8.35. The van der Waals surface area contributed by atoms with E-state index in [0.717, 1.165) is 40.3 Å². The molecule has 8 heteroatoms. The van der Waals surface area contributed by atoms with Crippen LogP contribution in [0.15, 0.2) is 10.5 Å². The van der Waals surface area contributed by atoms with Gasteiger partial charge in [0.2, 0.25) is 0 Å². The van der Waals surface area contributed by atoms with Crippen LogP contribution in [0.1, 0.15) is 46.0 Å². The average molecular weight is 438 g/mol. The summed E-state index contributed by atoms with van der Waals surface area (Å²) in [6, 6.07) is 2.21. The fourth-order valence-electron chi connectivity index (χ4n) is 3.33. The number of carbonyl (C=O) groups is 1. The number of anilines is 1. The Morgan fingerprint density at radius 1 is 1.37 bits per heavy atom. The maximum absolute atomic E-state index is 12.4. The number of piperazine rings is 1. The van der Waals surface area contributed by atoms with Crippen molar-refractivity contribution in [3.63, 3.8) is 0 Å². The second-order valence-electron chi connectivity index (χ2n) is 8.07. The lowest BCUT2D eigenvalue weighted by atomic mass is 10.2. The van der Waals surface area contributed by atoms with E-state index >= 15 is 0 Å². The van der Waals surface area contributed by atoms with Crippen molar-refractivity contribution >= 4 is 33.5 Å². The Morgan fingerprint density at radius 2 is 2.07 bits per heavy atom. The molecule has 3 heterocycles. The van der Waals surface area contributed by atoms with E-state index in [1.165, 1.54) is 0 Å². The van der Waals surface area contributed by atoms with Gasteiger partial charge < -0.3 is 14.5 Å². The highest BCUT2D eigenvalue weighted by Crippen LogP contribution is 2.27. The molecule has 1 aliphatic heterocycles. The van der Waals surface area contributed by atoms with E-state index in [1.807, 2.05) is 32.2 Å². The summed E-state index contributed by atoms with van der Waals surface area (Å²) in [5.41, 5.74) is 2.40. The van der Waals surface area contributed by atoms with Crippen molar-refractivity contribution in [1.29, 1.82) is 0 Å². The predicted octanol–water partition coefficient (Wildman–Crippen LogP) is 3.81. The van der Waals surface area contributed by atoms with Gasteiger partial charge in [-0.05, 0) is 57.0 Å². The van der Waals surface area contributed by atoms with Crippen molar-refractivity contribution in [3.05, 3.63) is 21.9 Å². The van der Waals surface area contributed by atoms with Crippen LogP contribution in [0.2, 0.25) is 0 Å². The maximum atomic E-state index is 12.4. The van der Waals surface area contributed by atoms with Gasteiger partial charge in [-0.3, -0.25) is 0 Å². The minimum absolute atomic E-state index is 0.146. The molecule has 0 bridgehead atoms. The molecule has 1 atom stereocenters. The number of hydrogen-bond acceptors (Lipinski definition) is 5. The van der Waals surface area contributed by atoms with Gasteiger partial charge in [0.25, 0.3) is 0 Å². The van der Waals surface area contributed by atoms with E-state index < -0.39 is 5.60 Å². The molecule has 1 fully saturated rings. The lowest BCUT2D eigenvalue weighted by Crippen LogP contribution is -2.54. The van der Waals surface area contributed by atoms with E-state index in [1.54, 1.807) is 4.90 Å². The average Bonchev–Trinajstić information content (AvgIpc) is 2.90. The van der Waals surface area contributed by atoms with Crippen LogP contribution in [-0.4, -0.2) is 56.9 Å². The maximum Gasteiger partial charge on any atom is 0.410 e. The number of nitrogens with zero attached hydrogens (tertiary/aromatic N) is 5. The quantitative estimate of drug-likeness (QED) is 0.714. The third-order valence-corrected chi connectivity index (χ3v) is 5.48. The number of carbonyl (C=O) groups excluding carboxylic acids is 1. The Kier molecular flexibility index (Phi) is 5.38. The summed E-state index contributed by atoms with van der Waals surface area (Å²) in [4.78, 5) is 21.2. The van der Waals surface area contributed by atoms with Crippen LogP contribution in [0.25, 0.3) is 5.65 Å². The first-order valence-electron chi connectivity index (χ1n) is 9.40. The Balaban J connectivity index is 1.82. The normalized spacial score (nSPS) is 18.3. The monoisotopic (exact) mass is 437 g/mol. The van der Waals surface area contributed by atoms with Crippen molar-refractivity contribution < 1.29 is 9.53 Å². The zero-order valence-electron chi connectivity index (χ0n) is 16.9. The summed E-state index contributed by atoms with van der Waals surface area (Å²) in [6.45, 7) is 13.9. The summed E-state index contributed by atoms with van der Waals surface area (Å²) in [5, 5.41) is 4.62. The first kappa shape index (κ1) is 19.9. The highest BCUT2D eigenvalue weighted by molar-refractivity contribution is 9.10. The molecular formula is C19H28BrN5O2. The standard InChI is InChI=1S/C19H28BrN5O2/c1-7-14-16(20)17-21-15(10-12(2)25(17)22-14)24-9-8-23(11-13(24)3)18(26)27-19(4,5)6/h10,13H,7-9,11H2,1-6H3/t13-/m1/s1. The molecular weight excluding hydrogens is 410 g/mol. The van der Waals surface area contributed by atoms with Crippen molar-refractivity contribution in [3.8, 4) is 0 Å². The largest absolute Gasteiger partial charge is 0.444 e. The number of ether oxygens (including phenoxy) is 1. The number of aromatic nitrogens is 3. The van der Waals surface area contributed by atoms with Crippen molar-refractivity contribution in [2.75, 3.05) is 24.5 Å². The fourth-order valence-corrected chi connectivity index (χ4v) is 3.94. The van der Waals surface area contributed by atoms with Crippen molar-refractivity contribution in [2.45, 2.75) is 59.6 Å². The van der Waals surface area contributed by atoms with Gasteiger partial charge in [0, 0.05) is 37.4 Å². The zero-order valence-corrected chi connectivity index (χ0v) is 18.5. The molecule has 3 rings (SSSR count). The van der Waals surface area contributed by atoms with Gasteiger partial charge in [-0.25, -0.2) is 14.3 Å². The van der Waals surface area contributed by atoms with E-state index in [9.17, 15) is 4.79 Å². The smallest absolute Gasteiger partial charge is 0.410 e. The van der Waals surface area contributed by atoms with Gasteiger partial charge >= 0.3 is 6.09 Å². The first-order valence-corrected chi connectivity index (χ1v) is 10.2. The molecule has 2 aromatic heterocycles. The van der Waals surface area contributed by atoms with E-state index in [0.29, 0.717) is 13.1 Å². The van der Waals surface area contributed by atoms with E-state index in [4.69, 9.17) is 9.72 Å². The molecule has 0 unspecified atom stereocenters. The SMILES string of the molecule is CCc1nn2c(C)cc(N3CCN(C(=O)OC(C)(C)C)C[C@H]3C)nc2c1Br. The molecule has 1 amide bonds. The minimum Gasteiger partial charge on any atom is -0.444 e. The molecule has 2 aromatic rings. The van der Waals surface area contributed by atoms with Gasteiger partial charge in [0.05, 0.1) is 10.2 Å². The molecule has 0 saturated carbocycles. The second kappa shape index (κ2) is 7.30. The molecule has 7 nitrogen and oxygen atoms in total. The molecule has 148 valence electrons. The van der Waals surface area contributed by atoms with E-state index in [2.05, 4.69) is 45.8 Å². The predicted molar refractivity (Wildman–Crippen MR) is 109 cm³/mol. The Bertz CT molecular complexity index is 858. The summed E-state index contributed by atoms with van der Waals surface area (Å²) in [6.07, 6.45) is 0.601. The minimum atomic E-state index is -0.480. The zero-order chi connectivity index (χ0) is 19.9. The van der Waals surface area contributed by atoms with Crippen LogP contribution < -0.4 is 4.90 Å². The Labute approximate surface area is 168 Å². The number of hydrogen-bond donors (Lipinski definition) is 0. The highest BCUT2D eigenvalue weighted by atomic mass is 79.9. The summed E-state index contributed by atoms with van der Waals surface area (Å²) in [5.74, 6) is 0.916. The first-order chi connectivity index (χ1) is 12.6. The van der Waals surface area contributed by atoms with Crippen molar-refractivity contribution in [1.82, 2.24) is 19.5 Å². The molecule has 1 aliphatic rings. The third-order valence-electron chi connectivity index (χ3n) is 4.67. The number of rotatable bonds is 2. The highest BCUT2D eigenvalue weighted by Gasteiger charge is 2.31. The molecule has 27 heavy (non-hydrogen) atoms. The van der Waals surface area contributed by atoms with Gasteiger partial charge in [0.1, 0.15) is 11.4 Å². The molecule has 1 saturated heterocycles. The molecule has 0 N–H and O–H groups in total. The second-order valence-corrected chi connectivity index (χ2v) is 8.87. The fraction of sp³-hybridized carbons (Fsp3) is 0.632. The lowest BCUT2D eigenvalue weighted by molar-refractivity contribution is 0.0218. The molecule has 0 radical (unpaired) electrons. The summed E-state index contributed by atoms with van der Waals surface area (Å²) in [7, 11) is 0. The van der Waals surface area contributed by atoms with Gasteiger partial charge in [-0.2, -0.15) is 5.10 Å². The molecule has 0 spiro atoms. The number of halogens is 1. The van der Waals surface area contributed by atoms with E-state index in [-0.39, 0.29) is 12.1 Å². The van der Waals surface area contributed by atoms with Crippen LogP contribution in [0, 0.1) is 6.92 Å². The number of fused-ring (bicyclic) bond motifs is 1. The molecule has 0 aromatic carbocycles. The van der Waals surface area contributed by atoms with Crippen LogP contribution in [0.4, 0.5) is 10.6 Å².